The Morgan fingerprint density at radius 2 is 2.00 bits per heavy atom. The van der Waals surface area contributed by atoms with E-state index in [4.69, 9.17) is 4.74 Å². The van der Waals surface area contributed by atoms with Gasteiger partial charge in [-0.1, -0.05) is 20.3 Å². The van der Waals surface area contributed by atoms with Crippen molar-refractivity contribution >= 4 is 5.91 Å². The molecule has 0 radical (unpaired) electrons. The fourth-order valence-corrected chi connectivity index (χ4v) is 4.12. The molecule has 1 atom stereocenters. The molecule has 2 aliphatic heterocycles. The van der Waals surface area contributed by atoms with Gasteiger partial charge in [0.1, 0.15) is 5.82 Å². The highest BCUT2D eigenvalue weighted by Gasteiger charge is 2.29. The summed E-state index contributed by atoms with van der Waals surface area (Å²) in [5, 5.41) is 0. The van der Waals surface area contributed by atoms with Crippen molar-refractivity contribution in [3.05, 3.63) is 18.2 Å². The normalized spacial score (nSPS) is 21.1. The number of unbranched alkanes of at least 4 members (excludes halogenated alkanes) is 1. The summed E-state index contributed by atoms with van der Waals surface area (Å²) in [6.07, 6.45) is 8.48. The van der Waals surface area contributed by atoms with Crippen LogP contribution in [0, 0.1) is 5.92 Å². The number of aryl methyl sites for hydroxylation is 1. The maximum Gasteiger partial charge on any atom is 0.226 e. The molecule has 2 aliphatic rings. The van der Waals surface area contributed by atoms with Crippen LogP contribution in [-0.4, -0.2) is 71.2 Å². The first-order valence-corrected chi connectivity index (χ1v) is 10.3. The first-order valence-electron chi connectivity index (χ1n) is 10.3. The maximum absolute atomic E-state index is 12.8. The zero-order valence-corrected chi connectivity index (χ0v) is 16.4. The molecule has 0 aliphatic carbocycles. The van der Waals surface area contributed by atoms with Crippen LogP contribution in [0.4, 0.5) is 0 Å². The molecule has 6 heteroatoms. The number of hydrogen-bond acceptors (Lipinski definition) is 4. The molecule has 1 aromatic rings. The van der Waals surface area contributed by atoms with Crippen molar-refractivity contribution in [3.63, 3.8) is 0 Å². The van der Waals surface area contributed by atoms with Crippen LogP contribution < -0.4 is 0 Å². The van der Waals surface area contributed by atoms with E-state index in [1.807, 2.05) is 6.20 Å². The van der Waals surface area contributed by atoms with E-state index in [1.165, 1.54) is 18.7 Å². The number of ether oxygens (including phenoxy) is 1. The molecule has 3 heterocycles. The number of likely N-dealkylation sites (tertiary alicyclic amines) is 1. The van der Waals surface area contributed by atoms with Crippen LogP contribution in [-0.2, 0) is 16.1 Å². The Bertz CT molecular complexity index is 560. The first-order chi connectivity index (χ1) is 12.7. The molecule has 146 valence electrons. The molecule has 1 aromatic heterocycles. The van der Waals surface area contributed by atoms with Crippen molar-refractivity contribution in [1.29, 1.82) is 0 Å². The standard InChI is InChI=1S/C20H34N4O2/c1-3-4-8-23-11-7-21-19(23)18-5-9-24(10-6-18)20(25)17(2)16-22-12-14-26-15-13-22/h7,11,17-18H,3-6,8-10,12-16H2,1-2H3/t17-/m0/s1. The molecule has 6 nitrogen and oxygen atoms in total. The van der Waals surface area contributed by atoms with E-state index in [0.29, 0.717) is 11.8 Å². The van der Waals surface area contributed by atoms with Crippen molar-refractivity contribution < 1.29 is 9.53 Å². The molecule has 0 bridgehead atoms. The number of hydrogen-bond donors (Lipinski definition) is 0. The predicted octanol–water partition coefficient (Wildman–Crippen LogP) is 2.36. The van der Waals surface area contributed by atoms with Crippen molar-refractivity contribution in [2.45, 2.75) is 52.0 Å². The number of rotatable bonds is 7. The van der Waals surface area contributed by atoms with E-state index in [1.54, 1.807) is 0 Å². The van der Waals surface area contributed by atoms with Gasteiger partial charge in [0.05, 0.1) is 13.2 Å². The van der Waals surface area contributed by atoms with E-state index in [-0.39, 0.29) is 5.92 Å². The second kappa shape index (κ2) is 9.51. The fourth-order valence-electron chi connectivity index (χ4n) is 4.12. The fraction of sp³-hybridized carbons (Fsp3) is 0.800. The number of nitrogens with zero attached hydrogens (tertiary/aromatic N) is 4. The molecule has 2 fully saturated rings. The van der Waals surface area contributed by atoms with Crippen LogP contribution in [0.25, 0.3) is 0 Å². The van der Waals surface area contributed by atoms with Crippen LogP contribution in [0.2, 0.25) is 0 Å². The van der Waals surface area contributed by atoms with Crippen molar-refractivity contribution in [1.82, 2.24) is 19.4 Å². The number of imidazole rings is 1. The van der Waals surface area contributed by atoms with Crippen LogP contribution in [0.3, 0.4) is 0 Å². The molecular weight excluding hydrogens is 328 g/mol. The largest absolute Gasteiger partial charge is 0.379 e. The summed E-state index contributed by atoms with van der Waals surface area (Å²) in [5.74, 6) is 2.08. The number of piperidine rings is 1. The lowest BCUT2D eigenvalue weighted by Gasteiger charge is -2.35. The molecule has 0 spiro atoms. The summed E-state index contributed by atoms with van der Waals surface area (Å²) < 4.78 is 7.71. The number of morpholine rings is 1. The average Bonchev–Trinajstić information content (AvgIpc) is 3.15. The third-order valence-electron chi connectivity index (χ3n) is 5.73. The minimum absolute atomic E-state index is 0.0659. The minimum Gasteiger partial charge on any atom is -0.379 e. The lowest BCUT2D eigenvalue weighted by atomic mass is 9.94. The van der Waals surface area contributed by atoms with Crippen LogP contribution >= 0.6 is 0 Å². The molecular formula is C20H34N4O2. The van der Waals surface area contributed by atoms with Gasteiger partial charge in [-0.05, 0) is 19.3 Å². The third kappa shape index (κ3) is 4.86. The monoisotopic (exact) mass is 362 g/mol. The molecule has 0 N–H and O–H groups in total. The predicted molar refractivity (Wildman–Crippen MR) is 102 cm³/mol. The van der Waals surface area contributed by atoms with Gasteiger partial charge in [0, 0.05) is 63.5 Å². The average molecular weight is 363 g/mol. The van der Waals surface area contributed by atoms with Crippen LogP contribution in [0.1, 0.15) is 51.3 Å². The summed E-state index contributed by atoms with van der Waals surface area (Å²) in [6, 6.07) is 0. The lowest BCUT2D eigenvalue weighted by molar-refractivity contribution is -0.137. The number of carbonyl (C=O) groups excluding carboxylic acids is 1. The van der Waals surface area contributed by atoms with E-state index in [2.05, 4.69) is 39.4 Å². The summed E-state index contributed by atoms with van der Waals surface area (Å²) in [7, 11) is 0. The smallest absolute Gasteiger partial charge is 0.226 e. The number of carbonyl (C=O) groups is 1. The summed E-state index contributed by atoms with van der Waals surface area (Å²) in [6.45, 7) is 11.4. The lowest BCUT2D eigenvalue weighted by Crippen LogP contribution is -2.46. The molecule has 0 saturated carbocycles. The van der Waals surface area contributed by atoms with Crippen molar-refractivity contribution in [2.75, 3.05) is 45.9 Å². The Kier molecular flexibility index (Phi) is 7.08. The Labute approximate surface area is 157 Å². The Morgan fingerprint density at radius 1 is 1.27 bits per heavy atom. The molecule has 3 rings (SSSR count). The Balaban J connectivity index is 1.48. The van der Waals surface area contributed by atoms with E-state index in [0.717, 1.165) is 65.3 Å². The number of amides is 1. The summed E-state index contributed by atoms with van der Waals surface area (Å²) in [5.41, 5.74) is 0. The highest BCUT2D eigenvalue weighted by atomic mass is 16.5. The Hall–Kier alpha value is -1.40. The highest BCUT2D eigenvalue weighted by Crippen LogP contribution is 2.28. The zero-order chi connectivity index (χ0) is 18.4. The quantitative estimate of drug-likeness (QED) is 0.747. The van der Waals surface area contributed by atoms with Gasteiger partial charge in [0.2, 0.25) is 5.91 Å². The highest BCUT2D eigenvalue weighted by molar-refractivity contribution is 5.78. The van der Waals surface area contributed by atoms with Gasteiger partial charge in [-0.15, -0.1) is 0 Å². The van der Waals surface area contributed by atoms with Crippen LogP contribution in [0.5, 0.6) is 0 Å². The van der Waals surface area contributed by atoms with Gasteiger partial charge in [0.25, 0.3) is 0 Å². The maximum atomic E-state index is 12.8. The molecule has 0 aromatic carbocycles. The van der Waals surface area contributed by atoms with E-state index in [9.17, 15) is 4.79 Å². The molecule has 1 amide bonds. The van der Waals surface area contributed by atoms with Gasteiger partial charge in [-0.2, -0.15) is 0 Å². The topological polar surface area (TPSA) is 50.6 Å². The minimum atomic E-state index is 0.0659. The van der Waals surface area contributed by atoms with E-state index < -0.39 is 0 Å². The summed E-state index contributed by atoms with van der Waals surface area (Å²) >= 11 is 0. The van der Waals surface area contributed by atoms with Gasteiger partial charge in [-0.3, -0.25) is 9.69 Å². The second-order valence-electron chi connectivity index (χ2n) is 7.75. The van der Waals surface area contributed by atoms with Gasteiger partial charge in [-0.25, -0.2) is 4.98 Å². The SMILES string of the molecule is CCCCn1ccnc1C1CCN(C(=O)[C@@H](C)CN2CCOCC2)CC1. The zero-order valence-electron chi connectivity index (χ0n) is 16.4. The Morgan fingerprint density at radius 3 is 2.69 bits per heavy atom. The van der Waals surface area contributed by atoms with E-state index >= 15 is 0 Å². The second-order valence-corrected chi connectivity index (χ2v) is 7.75. The third-order valence-corrected chi connectivity index (χ3v) is 5.73. The van der Waals surface area contributed by atoms with Gasteiger partial charge >= 0.3 is 0 Å². The summed E-state index contributed by atoms with van der Waals surface area (Å²) in [4.78, 5) is 21.9. The molecule has 2 saturated heterocycles. The van der Waals surface area contributed by atoms with Crippen molar-refractivity contribution in [3.8, 4) is 0 Å². The van der Waals surface area contributed by atoms with Crippen molar-refractivity contribution in [2.24, 2.45) is 5.92 Å². The first kappa shape index (κ1) is 19.4. The number of aromatic nitrogens is 2. The molecule has 0 unspecified atom stereocenters. The molecule has 26 heavy (non-hydrogen) atoms. The van der Waals surface area contributed by atoms with Gasteiger partial charge in [0.15, 0.2) is 0 Å². The van der Waals surface area contributed by atoms with Gasteiger partial charge < -0.3 is 14.2 Å². The van der Waals surface area contributed by atoms with Crippen LogP contribution in [0.15, 0.2) is 12.4 Å².